The van der Waals surface area contributed by atoms with Crippen molar-refractivity contribution in [3.8, 4) is 11.1 Å². The lowest BCUT2D eigenvalue weighted by Gasteiger charge is -2.37. The van der Waals surface area contributed by atoms with Crippen molar-refractivity contribution >= 4 is 34.0 Å². The molecule has 2 aromatic heterocycles. The molecule has 1 fully saturated rings. The number of nitrogens with zero attached hydrogens (tertiary/aromatic N) is 5. The Bertz CT molecular complexity index is 1510. The Morgan fingerprint density at radius 2 is 1.70 bits per heavy atom. The fraction of sp³-hybridized carbons (Fsp3) is 0.172. The summed E-state index contributed by atoms with van der Waals surface area (Å²) in [5.74, 6) is 0.940. The van der Waals surface area contributed by atoms with Gasteiger partial charge in [-0.1, -0.05) is 42.5 Å². The number of carbonyl (C=O) groups is 1. The molecule has 8 nitrogen and oxygen atoms in total. The van der Waals surface area contributed by atoms with Crippen LogP contribution in [-0.2, 0) is 11.2 Å². The summed E-state index contributed by atoms with van der Waals surface area (Å²) in [7, 11) is 0. The third-order valence-electron chi connectivity index (χ3n) is 6.73. The topological polar surface area (TPSA) is 90.0 Å². The zero-order valence-electron chi connectivity index (χ0n) is 20.3. The van der Waals surface area contributed by atoms with Crippen LogP contribution in [0.3, 0.4) is 0 Å². The van der Waals surface area contributed by atoms with Crippen molar-refractivity contribution in [1.82, 2.24) is 20.2 Å². The van der Waals surface area contributed by atoms with Gasteiger partial charge in [-0.2, -0.15) is 5.10 Å². The molecule has 37 heavy (non-hydrogen) atoms. The van der Waals surface area contributed by atoms with E-state index in [9.17, 15) is 4.79 Å². The predicted molar refractivity (Wildman–Crippen MR) is 147 cm³/mol. The number of fused-ring (bicyclic) bond motifs is 1. The minimum absolute atomic E-state index is 0.0152. The van der Waals surface area contributed by atoms with Gasteiger partial charge in [-0.3, -0.25) is 9.89 Å². The maximum absolute atomic E-state index is 12.5. The molecule has 1 amide bonds. The SMILES string of the molecule is O=C(Cc1ccccc1)Nc1cccc(N2CCN(c3ncnc4ccc(-c5cn[nH]c5)cc34)CC2)c1. The van der Waals surface area contributed by atoms with E-state index in [0.29, 0.717) is 6.42 Å². The minimum Gasteiger partial charge on any atom is -0.368 e. The number of aromatic nitrogens is 4. The first-order valence-electron chi connectivity index (χ1n) is 12.4. The van der Waals surface area contributed by atoms with Crippen LogP contribution in [0.25, 0.3) is 22.0 Å². The summed E-state index contributed by atoms with van der Waals surface area (Å²) in [6, 6.07) is 24.1. The number of rotatable bonds is 6. The molecular weight excluding hydrogens is 462 g/mol. The van der Waals surface area contributed by atoms with E-state index in [-0.39, 0.29) is 5.91 Å². The third-order valence-corrected chi connectivity index (χ3v) is 6.73. The van der Waals surface area contributed by atoms with Gasteiger partial charge in [0.25, 0.3) is 0 Å². The maximum atomic E-state index is 12.5. The predicted octanol–water partition coefficient (Wildman–Crippen LogP) is 4.53. The molecule has 1 aliphatic heterocycles. The van der Waals surface area contributed by atoms with E-state index in [1.807, 2.05) is 60.9 Å². The Kier molecular flexibility index (Phi) is 6.21. The number of benzene rings is 3. The van der Waals surface area contributed by atoms with Crippen LogP contribution in [0, 0.1) is 0 Å². The quantitative estimate of drug-likeness (QED) is 0.364. The number of amides is 1. The molecule has 0 saturated carbocycles. The second-order valence-electron chi connectivity index (χ2n) is 9.15. The number of hydrogen-bond donors (Lipinski definition) is 2. The number of carbonyl (C=O) groups excluding carboxylic acids is 1. The van der Waals surface area contributed by atoms with Crippen molar-refractivity contribution in [1.29, 1.82) is 0 Å². The Morgan fingerprint density at radius 1 is 0.865 bits per heavy atom. The summed E-state index contributed by atoms with van der Waals surface area (Å²) in [5, 5.41) is 11.0. The molecular formula is C29H27N7O. The first-order valence-corrected chi connectivity index (χ1v) is 12.4. The van der Waals surface area contributed by atoms with E-state index < -0.39 is 0 Å². The van der Waals surface area contributed by atoms with Crippen LogP contribution in [0.5, 0.6) is 0 Å². The van der Waals surface area contributed by atoms with Crippen molar-refractivity contribution in [3.05, 3.63) is 97.1 Å². The van der Waals surface area contributed by atoms with Crippen LogP contribution in [-0.4, -0.2) is 52.3 Å². The van der Waals surface area contributed by atoms with E-state index in [4.69, 9.17) is 0 Å². The summed E-state index contributed by atoms with van der Waals surface area (Å²) in [6.07, 6.45) is 5.71. The normalized spacial score (nSPS) is 13.6. The van der Waals surface area contributed by atoms with E-state index in [0.717, 1.165) is 71.0 Å². The highest BCUT2D eigenvalue weighted by Crippen LogP contribution is 2.30. The van der Waals surface area contributed by atoms with Crippen molar-refractivity contribution in [3.63, 3.8) is 0 Å². The zero-order chi connectivity index (χ0) is 25.0. The fourth-order valence-corrected chi connectivity index (χ4v) is 4.83. The molecule has 8 heteroatoms. The van der Waals surface area contributed by atoms with Crippen molar-refractivity contribution in [2.75, 3.05) is 41.3 Å². The average Bonchev–Trinajstić information content (AvgIpc) is 3.48. The molecule has 3 heterocycles. The van der Waals surface area contributed by atoms with Gasteiger partial charge < -0.3 is 15.1 Å². The summed E-state index contributed by atoms with van der Waals surface area (Å²) in [4.78, 5) is 26.3. The number of aromatic amines is 1. The molecule has 0 atom stereocenters. The number of piperazine rings is 1. The zero-order valence-corrected chi connectivity index (χ0v) is 20.3. The van der Waals surface area contributed by atoms with Crippen molar-refractivity contribution in [2.45, 2.75) is 6.42 Å². The van der Waals surface area contributed by atoms with Gasteiger partial charge in [0.1, 0.15) is 12.1 Å². The molecule has 0 aliphatic carbocycles. The Hall–Kier alpha value is -4.72. The lowest BCUT2D eigenvalue weighted by Crippen LogP contribution is -2.47. The summed E-state index contributed by atoms with van der Waals surface area (Å²) >= 11 is 0. The van der Waals surface area contributed by atoms with E-state index in [1.165, 1.54) is 0 Å². The van der Waals surface area contributed by atoms with Crippen LogP contribution in [0.2, 0.25) is 0 Å². The first-order chi connectivity index (χ1) is 18.2. The van der Waals surface area contributed by atoms with Gasteiger partial charge in [0.15, 0.2) is 0 Å². The van der Waals surface area contributed by atoms with E-state index in [2.05, 4.69) is 59.5 Å². The fourth-order valence-electron chi connectivity index (χ4n) is 4.83. The Balaban J connectivity index is 1.14. The van der Waals surface area contributed by atoms with Gasteiger partial charge >= 0.3 is 0 Å². The second kappa shape index (κ2) is 10.1. The van der Waals surface area contributed by atoms with Crippen LogP contribution in [0.1, 0.15) is 5.56 Å². The van der Waals surface area contributed by atoms with Crippen LogP contribution in [0.4, 0.5) is 17.2 Å². The molecule has 5 aromatic rings. The molecule has 0 spiro atoms. The Labute approximate surface area is 215 Å². The molecule has 0 bridgehead atoms. The molecule has 0 radical (unpaired) electrons. The molecule has 3 aromatic carbocycles. The van der Waals surface area contributed by atoms with Gasteiger partial charge in [-0.25, -0.2) is 9.97 Å². The van der Waals surface area contributed by atoms with Gasteiger partial charge in [0, 0.05) is 54.7 Å². The van der Waals surface area contributed by atoms with Crippen LogP contribution < -0.4 is 15.1 Å². The van der Waals surface area contributed by atoms with E-state index in [1.54, 1.807) is 6.33 Å². The van der Waals surface area contributed by atoms with Crippen molar-refractivity contribution in [2.24, 2.45) is 0 Å². The molecule has 184 valence electrons. The molecule has 2 N–H and O–H groups in total. The smallest absolute Gasteiger partial charge is 0.228 e. The highest BCUT2D eigenvalue weighted by molar-refractivity contribution is 5.93. The Morgan fingerprint density at radius 3 is 2.51 bits per heavy atom. The second-order valence-corrected chi connectivity index (χ2v) is 9.15. The maximum Gasteiger partial charge on any atom is 0.228 e. The lowest BCUT2D eigenvalue weighted by molar-refractivity contribution is -0.115. The average molecular weight is 490 g/mol. The molecule has 0 unspecified atom stereocenters. The van der Waals surface area contributed by atoms with E-state index >= 15 is 0 Å². The van der Waals surface area contributed by atoms with Crippen LogP contribution in [0.15, 0.2) is 91.5 Å². The monoisotopic (exact) mass is 489 g/mol. The highest BCUT2D eigenvalue weighted by Gasteiger charge is 2.21. The number of H-pyrrole nitrogens is 1. The van der Waals surface area contributed by atoms with Crippen molar-refractivity contribution < 1.29 is 4.79 Å². The summed E-state index contributed by atoms with van der Waals surface area (Å²) < 4.78 is 0. The standard InChI is InChI=1S/C29H27N7O/c37-28(15-21-5-2-1-3-6-21)34-24-7-4-8-25(17-24)35-11-13-36(14-12-35)29-26-16-22(23-18-32-33-19-23)9-10-27(26)30-20-31-29/h1-10,16-20H,11-15H2,(H,32,33)(H,34,37). The first kappa shape index (κ1) is 22.7. The van der Waals surface area contributed by atoms with Crippen LogP contribution >= 0.6 is 0 Å². The third kappa shape index (κ3) is 4.99. The number of nitrogens with one attached hydrogen (secondary N) is 2. The summed E-state index contributed by atoms with van der Waals surface area (Å²) in [6.45, 7) is 3.39. The number of anilines is 3. The van der Waals surface area contributed by atoms with Gasteiger partial charge in [-0.05, 0) is 41.5 Å². The van der Waals surface area contributed by atoms with Gasteiger partial charge in [-0.15, -0.1) is 0 Å². The highest BCUT2D eigenvalue weighted by atomic mass is 16.1. The molecule has 1 saturated heterocycles. The molecule has 1 aliphatic rings. The summed E-state index contributed by atoms with van der Waals surface area (Å²) in [5.41, 5.74) is 5.97. The minimum atomic E-state index is -0.0152. The molecule has 6 rings (SSSR count). The van der Waals surface area contributed by atoms with Gasteiger partial charge in [0.2, 0.25) is 5.91 Å². The largest absolute Gasteiger partial charge is 0.368 e. The van der Waals surface area contributed by atoms with Gasteiger partial charge in [0.05, 0.1) is 18.1 Å². The number of hydrogen-bond acceptors (Lipinski definition) is 6. The lowest BCUT2D eigenvalue weighted by atomic mass is 10.1.